The molecule has 2 heterocycles. The Kier molecular flexibility index (Phi) is 6.53. The smallest absolute Gasteiger partial charge is 0.267 e. The van der Waals surface area contributed by atoms with Crippen molar-refractivity contribution in [2.75, 3.05) is 11.1 Å². The number of ether oxygens (including phenoxy) is 1. The number of fused-ring (bicyclic) bond motifs is 1. The highest BCUT2D eigenvalue weighted by atomic mass is 32.1. The number of para-hydroxylation sites is 1. The number of nitrogens with two attached hydrogens (primary N) is 1. The number of pyridine rings is 1. The lowest BCUT2D eigenvalue weighted by Gasteiger charge is -2.09. The van der Waals surface area contributed by atoms with Crippen LogP contribution in [0.5, 0.6) is 11.5 Å². The van der Waals surface area contributed by atoms with Crippen LogP contribution in [0.2, 0.25) is 0 Å². The van der Waals surface area contributed by atoms with Crippen molar-refractivity contribution in [1.82, 2.24) is 4.98 Å². The maximum absolute atomic E-state index is 13.4. The SMILES string of the molecule is Cc1ccc(-c2cc(-c3ccccc3)c3c(N)c(C(=O)Nc4ccc(Oc5ccccc5)cc4)sc3n2)cc1. The van der Waals surface area contributed by atoms with Gasteiger partial charge in [0.25, 0.3) is 5.91 Å². The van der Waals surface area contributed by atoms with Crippen LogP contribution in [0.15, 0.2) is 115 Å². The first-order valence-electron chi connectivity index (χ1n) is 12.5. The van der Waals surface area contributed by atoms with Crippen molar-refractivity contribution in [2.45, 2.75) is 6.92 Å². The lowest BCUT2D eigenvalue weighted by atomic mass is 9.99. The fourth-order valence-electron chi connectivity index (χ4n) is 4.43. The maximum atomic E-state index is 13.4. The minimum absolute atomic E-state index is 0.275. The number of amides is 1. The maximum Gasteiger partial charge on any atom is 0.267 e. The Hall–Kier alpha value is -4.94. The summed E-state index contributed by atoms with van der Waals surface area (Å²) in [6.45, 7) is 2.06. The Bertz CT molecular complexity index is 1760. The van der Waals surface area contributed by atoms with E-state index in [1.54, 1.807) is 0 Å². The molecule has 0 saturated heterocycles. The molecule has 0 aliphatic carbocycles. The molecule has 6 rings (SSSR count). The third-order valence-electron chi connectivity index (χ3n) is 6.43. The van der Waals surface area contributed by atoms with Gasteiger partial charge in [-0.15, -0.1) is 11.3 Å². The van der Waals surface area contributed by atoms with Gasteiger partial charge in [0, 0.05) is 16.6 Å². The number of carbonyl (C=O) groups excluding carboxylic acids is 1. The molecule has 1 amide bonds. The van der Waals surface area contributed by atoms with E-state index in [4.69, 9.17) is 15.5 Å². The van der Waals surface area contributed by atoms with E-state index >= 15 is 0 Å². The van der Waals surface area contributed by atoms with Crippen LogP contribution < -0.4 is 15.8 Å². The molecule has 0 atom stereocenters. The van der Waals surface area contributed by atoms with Crippen molar-refractivity contribution < 1.29 is 9.53 Å². The van der Waals surface area contributed by atoms with Gasteiger partial charge in [-0.3, -0.25) is 4.79 Å². The van der Waals surface area contributed by atoms with Crippen molar-refractivity contribution in [3.8, 4) is 33.9 Å². The van der Waals surface area contributed by atoms with Gasteiger partial charge in [-0.05, 0) is 60.5 Å². The summed E-state index contributed by atoms with van der Waals surface area (Å²) < 4.78 is 5.85. The average molecular weight is 528 g/mol. The van der Waals surface area contributed by atoms with Gasteiger partial charge in [0.2, 0.25) is 0 Å². The third kappa shape index (κ3) is 5.10. The Morgan fingerprint density at radius 1 is 0.795 bits per heavy atom. The number of nitrogens with zero attached hydrogens (tertiary/aromatic N) is 1. The summed E-state index contributed by atoms with van der Waals surface area (Å²) in [5.74, 6) is 1.16. The van der Waals surface area contributed by atoms with E-state index in [1.807, 2.05) is 84.9 Å². The van der Waals surface area contributed by atoms with Crippen LogP contribution in [0, 0.1) is 6.92 Å². The number of hydrogen-bond donors (Lipinski definition) is 2. The van der Waals surface area contributed by atoms with Gasteiger partial charge < -0.3 is 15.8 Å². The molecule has 0 radical (unpaired) electrons. The number of anilines is 2. The van der Waals surface area contributed by atoms with E-state index in [9.17, 15) is 4.79 Å². The molecule has 0 saturated carbocycles. The summed E-state index contributed by atoms with van der Waals surface area (Å²) >= 11 is 1.30. The van der Waals surface area contributed by atoms with Gasteiger partial charge in [0.1, 0.15) is 21.2 Å². The molecule has 0 bridgehead atoms. The van der Waals surface area contributed by atoms with E-state index in [0.29, 0.717) is 22.0 Å². The number of rotatable bonds is 6. The summed E-state index contributed by atoms with van der Waals surface area (Å²) in [4.78, 5) is 19.5. The summed E-state index contributed by atoms with van der Waals surface area (Å²) in [5.41, 5.74) is 12.7. The molecular formula is C33H25N3O2S. The molecule has 3 N–H and O–H groups in total. The number of nitrogens with one attached hydrogen (secondary N) is 1. The van der Waals surface area contributed by atoms with Gasteiger partial charge in [-0.2, -0.15) is 0 Å². The number of thiophene rings is 1. The van der Waals surface area contributed by atoms with E-state index in [2.05, 4.69) is 42.6 Å². The second-order valence-electron chi connectivity index (χ2n) is 9.21. The van der Waals surface area contributed by atoms with Crippen LogP contribution >= 0.6 is 11.3 Å². The van der Waals surface area contributed by atoms with Crippen molar-refractivity contribution in [3.63, 3.8) is 0 Å². The molecule has 0 unspecified atom stereocenters. The lowest BCUT2D eigenvalue weighted by molar-refractivity contribution is 0.103. The van der Waals surface area contributed by atoms with Crippen LogP contribution in [-0.4, -0.2) is 10.9 Å². The van der Waals surface area contributed by atoms with Gasteiger partial charge in [0.15, 0.2) is 0 Å². The number of aromatic nitrogens is 1. The monoisotopic (exact) mass is 527 g/mol. The molecular weight excluding hydrogens is 502 g/mol. The Labute approximate surface area is 230 Å². The topological polar surface area (TPSA) is 77.2 Å². The number of nitrogen functional groups attached to an aromatic ring is 1. The van der Waals surface area contributed by atoms with Crippen LogP contribution in [-0.2, 0) is 0 Å². The van der Waals surface area contributed by atoms with E-state index in [0.717, 1.165) is 38.4 Å². The van der Waals surface area contributed by atoms with Crippen LogP contribution in [0.3, 0.4) is 0 Å². The van der Waals surface area contributed by atoms with Crippen molar-refractivity contribution >= 4 is 38.8 Å². The van der Waals surface area contributed by atoms with Gasteiger partial charge >= 0.3 is 0 Å². The van der Waals surface area contributed by atoms with Crippen molar-refractivity contribution in [3.05, 3.63) is 126 Å². The molecule has 6 aromatic rings. The number of carbonyl (C=O) groups is 1. The third-order valence-corrected chi connectivity index (χ3v) is 7.53. The fourth-order valence-corrected chi connectivity index (χ4v) is 5.44. The number of aryl methyl sites for hydroxylation is 1. The predicted octanol–water partition coefficient (Wildman–Crippen LogP) is 8.57. The standard InChI is InChI=1S/C33H25N3O2S/c1-21-12-14-23(15-13-21)28-20-27(22-8-4-2-5-9-22)29-30(34)31(39-33(29)36-28)32(37)35-24-16-18-26(19-17-24)38-25-10-6-3-7-11-25/h2-20H,34H2,1H3,(H,35,37). The van der Waals surface area contributed by atoms with Crippen molar-refractivity contribution in [2.24, 2.45) is 0 Å². The summed E-state index contributed by atoms with van der Waals surface area (Å²) in [7, 11) is 0. The second kappa shape index (κ2) is 10.4. The molecule has 6 heteroatoms. The van der Waals surface area contributed by atoms with Crippen LogP contribution in [0.1, 0.15) is 15.2 Å². The number of benzene rings is 4. The first kappa shape index (κ1) is 24.4. The zero-order valence-electron chi connectivity index (χ0n) is 21.2. The highest BCUT2D eigenvalue weighted by Crippen LogP contribution is 2.41. The fraction of sp³-hybridized carbons (Fsp3) is 0.0303. The Morgan fingerprint density at radius 3 is 2.13 bits per heavy atom. The molecule has 5 nitrogen and oxygen atoms in total. The van der Waals surface area contributed by atoms with E-state index < -0.39 is 0 Å². The quantitative estimate of drug-likeness (QED) is 0.227. The minimum atomic E-state index is -0.275. The average Bonchev–Trinajstić information content (AvgIpc) is 3.31. The lowest BCUT2D eigenvalue weighted by Crippen LogP contribution is -2.11. The Morgan fingerprint density at radius 2 is 1.44 bits per heavy atom. The molecule has 39 heavy (non-hydrogen) atoms. The van der Waals surface area contributed by atoms with Crippen molar-refractivity contribution in [1.29, 1.82) is 0 Å². The molecule has 0 aliphatic heterocycles. The van der Waals surface area contributed by atoms with E-state index in [-0.39, 0.29) is 5.91 Å². The van der Waals surface area contributed by atoms with Gasteiger partial charge in [0.05, 0.1) is 11.4 Å². The summed E-state index contributed by atoms with van der Waals surface area (Å²) in [6, 6.07) is 37.2. The molecule has 2 aromatic heterocycles. The normalized spacial score (nSPS) is 10.9. The van der Waals surface area contributed by atoms with E-state index in [1.165, 1.54) is 16.9 Å². The van der Waals surface area contributed by atoms with Gasteiger partial charge in [-0.25, -0.2) is 4.98 Å². The summed E-state index contributed by atoms with van der Waals surface area (Å²) in [5, 5.41) is 3.76. The minimum Gasteiger partial charge on any atom is -0.457 e. The van der Waals surface area contributed by atoms with Gasteiger partial charge in [-0.1, -0.05) is 78.4 Å². The molecule has 0 fully saturated rings. The van der Waals surface area contributed by atoms with Crippen LogP contribution in [0.4, 0.5) is 11.4 Å². The number of hydrogen-bond acceptors (Lipinski definition) is 5. The first-order valence-corrected chi connectivity index (χ1v) is 13.4. The second-order valence-corrected chi connectivity index (χ2v) is 10.2. The van der Waals surface area contributed by atoms with Crippen LogP contribution in [0.25, 0.3) is 32.6 Å². The largest absolute Gasteiger partial charge is 0.457 e. The zero-order chi connectivity index (χ0) is 26.8. The summed E-state index contributed by atoms with van der Waals surface area (Å²) in [6.07, 6.45) is 0. The Balaban J connectivity index is 1.34. The first-order chi connectivity index (χ1) is 19.0. The highest BCUT2D eigenvalue weighted by Gasteiger charge is 2.22. The molecule has 0 spiro atoms. The predicted molar refractivity (Wildman–Crippen MR) is 161 cm³/mol. The zero-order valence-corrected chi connectivity index (χ0v) is 22.0. The molecule has 4 aromatic carbocycles. The highest BCUT2D eigenvalue weighted by molar-refractivity contribution is 7.21. The molecule has 0 aliphatic rings. The molecule has 190 valence electrons.